The van der Waals surface area contributed by atoms with E-state index in [2.05, 4.69) is 35.2 Å². The van der Waals surface area contributed by atoms with Gasteiger partial charge in [0.1, 0.15) is 11.8 Å². The molecule has 0 spiro atoms. The van der Waals surface area contributed by atoms with Crippen LogP contribution in [-0.2, 0) is 13.0 Å². The van der Waals surface area contributed by atoms with Gasteiger partial charge in [-0.1, -0.05) is 13.3 Å². The molecule has 0 radical (unpaired) electrons. The highest BCUT2D eigenvalue weighted by Crippen LogP contribution is 2.36. The summed E-state index contributed by atoms with van der Waals surface area (Å²) >= 11 is 0. The Bertz CT molecular complexity index is 613. The maximum absolute atomic E-state index is 9.62. The highest BCUT2D eigenvalue weighted by molar-refractivity contribution is 5.73. The summed E-state index contributed by atoms with van der Waals surface area (Å²) in [5.41, 5.74) is 4.29. The summed E-state index contributed by atoms with van der Waals surface area (Å²) in [6, 6.07) is 2.36. The molecule has 3 heterocycles. The maximum Gasteiger partial charge on any atom is 0.153 e. The summed E-state index contributed by atoms with van der Waals surface area (Å²) in [4.78, 5) is 9.54. The van der Waals surface area contributed by atoms with Crippen LogP contribution in [0.4, 0.5) is 11.5 Å². The van der Waals surface area contributed by atoms with E-state index in [0.29, 0.717) is 5.69 Å². The van der Waals surface area contributed by atoms with Gasteiger partial charge in [0.2, 0.25) is 0 Å². The first-order chi connectivity index (χ1) is 11.7. The van der Waals surface area contributed by atoms with Crippen molar-refractivity contribution in [2.24, 2.45) is 0 Å². The highest BCUT2D eigenvalue weighted by Gasteiger charge is 2.26. The van der Waals surface area contributed by atoms with E-state index < -0.39 is 0 Å². The number of unbranched alkanes of at least 4 members (excludes halogenated alkanes) is 1. The third kappa shape index (κ3) is 3.49. The SMILES string of the molecule is CCCCNc1c(N2CCCCC2)nc(C#N)c2c1CN(C)CC2. The summed E-state index contributed by atoms with van der Waals surface area (Å²) < 4.78 is 0. The number of pyridine rings is 1. The molecule has 1 aromatic rings. The molecule has 3 rings (SSSR count). The number of nitriles is 1. The van der Waals surface area contributed by atoms with Gasteiger partial charge in [-0.25, -0.2) is 4.98 Å². The first-order valence-corrected chi connectivity index (χ1v) is 9.37. The van der Waals surface area contributed by atoms with Crippen molar-refractivity contribution in [2.45, 2.75) is 52.0 Å². The molecule has 1 fully saturated rings. The van der Waals surface area contributed by atoms with Crippen molar-refractivity contribution in [1.82, 2.24) is 9.88 Å². The van der Waals surface area contributed by atoms with E-state index in [9.17, 15) is 5.26 Å². The minimum Gasteiger partial charge on any atom is -0.382 e. The fraction of sp³-hybridized carbons (Fsp3) is 0.684. The van der Waals surface area contributed by atoms with E-state index in [1.807, 2.05) is 0 Å². The van der Waals surface area contributed by atoms with Gasteiger partial charge in [0.15, 0.2) is 5.82 Å². The lowest BCUT2D eigenvalue weighted by molar-refractivity contribution is 0.313. The average molecular weight is 327 g/mol. The van der Waals surface area contributed by atoms with E-state index in [4.69, 9.17) is 4.98 Å². The van der Waals surface area contributed by atoms with Crippen LogP contribution in [0.1, 0.15) is 55.8 Å². The van der Waals surface area contributed by atoms with Crippen molar-refractivity contribution in [1.29, 1.82) is 5.26 Å². The van der Waals surface area contributed by atoms with Gasteiger partial charge in [-0.15, -0.1) is 0 Å². The van der Waals surface area contributed by atoms with Crippen molar-refractivity contribution < 1.29 is 0 Å². The van der Waals surface area contributed by atoms with Crippen molar-refractivity contribution in [3.05, 3.63) is 16.8 Å². The predicted octanol–water partition coefficient (Wildman–Crippen LogP) is 3.14. The number of hydrogen-bond acceptors (Lipinski definition) is 5. The number of anilines is 2. The number of hydrogen-bond donors (Lipinski definition) is 1. The molecule has 0 saturated carbocycles. The highest BCUT2D eigenvalue weighted by atomic mass is 15.2. The largest absolute Gasteiger partial charge is 0.382 e. The molecular weight excluding hydrogens is 298 g/mol. The number of rotatable bonds is 5. The summed E-state index contributed by atoms with van der Waals surface area (Å²) in [6.07, 6.45) is 6.99. The number of aromatic nitrogens is 1. The zero-order valence-electron chi connectivity index (χ0n) is 15.1. The van der Waals surface area contributed by atoms with Crippen molar-refractivity contribution in [3.8, 4) is 6.07 Å². The van der Waals surface area contributed by atoms with Gasteiger partial charge in [0, 0.05) is 32.7 Å². The van der Waals surface area contributed by atoms with Crippen LogP contribution in [0.2, 0.25) is 0 Å². The van der Waals surface area contributed by atoms with Crippen molar-refractivity contribution in [2.75, 3.05) is 43.4 Å². The van der Waals surface area contributed by atoms with Gasteiger partial charge in [-0.2, -0.15) is 5.26 Å². The fourth-order valence-electron chi connectivity index (χ4n) is 3.76. The molecule has 24 heavy (non-hydrogen) atoms. The van der Waals surface area contributed by atoms with Gasteiger partial charge < -0.3 is 15.1 Å². The smallest absolute Gasteiger partial charge is 0.153 e. The van der Waals surface area contributed by atoms with Gasteiger partial charge in [0.25, 0.3) is 0 Å². The molecule has 0 aromatic carbocycles. The number of fused-ring (bicyclic) bond motifs is 1. The third-order valence-electron chi connectivity index (χ3n) is 5.16. The molecule has 0 bridgehead atoms. The molecule has 1 saturated heterocycles. The Morgan fingerprint density at radius 2 is 1.96 bits per heavy atom. The molecule has 1 aromatic heterocycles. The van der Waals surface area contributed by atoms with Crippen LogP contribution in [0.25, 0.3) is 0 Å². The van der Waals surface area contributed by atoms with Crippen LogP contribution in [0.5, 0.6) is 0 Å². The van der Waals surface area contributed by atoms with Crippen LogP contribution < -0.4 is 10.2 Å². The maximum atomic E-state index is 9.62. The second kappa shape index (κ2) is 7.85. The molecule has 2 aliphatic rings. The van der Waals surface area contributed by atoms with Gasteiger partial charge in [-0.05, 0) is 50.3 Å². The normalized spacial score (nSPS) is 18.1. The van der Waals surface area contributed by atoms with E-state index in [0.717, 1.165) is 56.9 Å². The van der Waals surface area contributed by atoms with Gasteiger partial charge >= 0.3 is 0 Å². The summed E-state index contributed by atoms with van der Waals surface area (Å²) in [7, 11) is 2.16. The van der Waals surface area contributed by atoms with Crippen LogP contribution in [-0.4, -0.2) is 43.1 Å². The zero-order valence-corrected chi connectivity index (χ0v) is 15.1. The molecule has 0 aliphatic carbocycles. The number of nitrogens with one attached hydrogen (secondary N) is 1. The van der Waals surface area contributed by atoms with Gasteiger partial charge in [0.05, 0.1) is 5.69 Å². The minimum absolute atomic E-state index is 0.639. The molecule has 5 heteroatoms. The minimum atomic E-state index is 0.639. The second-order valence-electron chi connectivity index (χ2n) is 7.04. The molecular formula is C19H29N5. The lowest BCUT2D eigenvalue weighted by Crippen LogP contribution is -2.34. The summed E-state index contributed by atoms with van der Waals surface area (Å²) in [5, 5.41) is 13.3. The first-order valence-electron chi connectivity index (χ1n) is 9.37. The van der Waals surface area contributed by atoms with E-state index in [-0.39, 0.29) is 0 Å². The predicted molar refractivity (Wildman–Crippen MR) is 98.5 cm³/mol. The molecule has 0 atom stereocenters. The summed E-state index contributed by atoms with van der Waals surface area (Å²) in [5.74, 6) is 1.01. The van der Waals surface area contributed by atoms with Crippen molar-refractivity contribution >= 4 is 11.5 Å². The lowest BCUT2D eigenvalue weighted by Gasteiger charge is -2.34. The Balaban J connectivity index is 2.04. The average Bonchev–Trinajstić information content (AvgIpc) is 2.62. The van der Waals surface area contributed by atoms with Crippen LogP contribution in [0.3, 0.4) is 0 Å². The fourth-order valence-corrected chi connectivity index (χ4v) is 3.76. The second-order valence-corrected chi connectivity index (χ2v) is 7.04. The topological polar surface area (TPSA) is 55.2 Å². The molecule has 2 aliphatic heterocycles. The Morgan fingerprint density at radius 3 is 2.67 bits per heavy atom. The Morgan fingerprint density at radius 1 is 1.17 bits per heavy atom. The Labute approximate surface area is 145 Å². The molecule has 1 N–H and O–H groups in total. The first kappa shape index (κ1) is 17.0. The zero-order chi connectivity index (χ0) is 16.9. The summed E-state index contributed by atoms with van der Waals surface area (Å²) in [6.45, 7) is 7.20. The number of piperidine rings is 1. The lowest BCUT2D eigenvalue weighted by atomic mass is 9.96. The molecule has 5 nitrogen and oxygen atoms in total. The standard InChI is InChI=1S/C19H29N5/c1-3-4-9-21-18-16-14-23(2)12-8-15(16)17(13-20)22-19(18)24-10-6-5-7-11-24/h21H,3-12,14H2,1-2H3. The molecule has 0 amide bonds. The number of likely N-dealkylation sites (N-methyl/N-ethyl adjacent to an activating group) is 1. The quantitative estimate of drug-likeness (QED) is 0.842. The van der Waals surface area contributed by atoms with Crippen LogP contribution >= 0.6 is 0 Å². The van der Waals surface area contributed by atoms with Crippen LogP contribution in [0.15, 0.2) is 0 Å². The van der Waals surface area contributed by atoms with Crippen molar-refractivity contribution in [3.63, 3.8) is 0 Å². The Hall–Kier alpha value is -1.80. The monoisotopic (exact) mass is 327 g/mol. The van der Waals surface area contributed by atoms with E-state index >= 15 is 0 Å². The third-order valence-corrected chi connectivity index (χ3v) is 5.16. The molecule has 0 unspecified atom stereocenters. The Kier molecular flexibility index (Phi) is 5.57. The van der Waals surface area contributed by atoms with E-state index in [1.54, 1.807) is 0 Å². The van der Waals surface area contributed by atoms with Gasteiger partial charge in [-0.3, -0.25) is 0 Å². The van der Waals surface area contributed by atoms with Crippen LogP contribution in [0, 0.1) is 11.3 Å². The number of nitrogens with zero attached hydrogens (tertiary/aromatic N) is 4. The molecule has 130 valence electrons. The van der Waals surface area contributed by atoms with E-state index in [1.165, 1.54) is 36.9 Å².